The monoisotopic (exact) mass is 355 g/mol. The van der Waals surface area contributed by atoms with Crippen molar-refractivity contribution in [2.24, 2.45) is 10.2 Å². The molecule has 1 N–H and O–H groups in total. The fourth-order valence-electron chi connectivity index (χ4n) is 1.39. The van der Waals surface area contributed by atoms with Gasteiger partial charge in [0, 0.05) is 10.5 Å². The highest BCUT2D eigenvalue weighted by Crippen LogP contribution is 2.33. The number of hydrogen-bond donors (Lipinski definition) is 1. The van der Waals surface area contributed by atoms with Gasteiger partial charge >= 0.3 is 0 Å². The smallest absolute Gasteiger partial charge is 0.290 e. The first-order chi connectivity index (χ1) is 9.47. The van der Waals surface area contributed by atoms with E-state index in [0.29, 0.717) is 0 Å². The number of benzene rings is 2. The van der Waals surface area contributed by atoms with E-state index in [9.17, 15) is 15.2 Å². The molecule has 0 aliphatic carbocycles. The van der Waals surface area contributed by atoms with Crippen molar-refractivity contribution >= 4 is 44.6 Å². The predicted molar refractivity (Wildman–Crippen MR) is 78.1 cm³/mol. The van der Waals surface area contributed by atoms with Gasteiger partial charge in [0.15, 0.2) is 0 Å². The van der Waals surface area contributed by atoms with Crippen LogP contribution >= 0.6 is 27.5 Å². The van der Waals surface area contributed by atoms with Gasteiger partial charge in [-0.25, -0.2) is 0 Å². The summed E-state index contributed by atoms with van der Waals surface area (Å²) in [6.45, 7) is 0. The van der Waals surface area contributed by atoms with Crippen molar-refractivity contribution in [2.75, 3.05) is 0 Å². The highest BCUT2D eigenvalue weighted by atomic mass is 79.9. The Labute approximate surface area is 127 Å². The minimum Gasteiger partial charge on any atom is -0.506 e. The first kappa shape index (κ1) is 14.4. The minimum atomic E-state index is -0.599. The lowest BCUT2D eigenvalue weighted by atomic mass is 10.3. The number of phenols is 1. The zero-order valence-corrected chi connectivity index (χ0v) is 12.2. The number of nitro groups is 1. The Morgan fingerprint density at radius 3 is 2.65 bits per heavy atom. The Balaban J connectivity index is 2.34. The van der Waals surface area contributed by atoms with E-state index in [-0.39, 0.29) is 27.8 Å². The number of azo groups is 1. The van der Waals surface area contributed by atoms with Gasteiger partial charge in [-0.2, -0.15) is 5.11 Å². The summed E-state index contributed by atoms with van der Waals surface area (Å²) >= 11 is 8.94. The SMILES string of the molecule is O=[N+]([O-])c1cc(N=Nc2cc(Br)ccc2O)ccc1Cl. The molecule has 0 aliphatic heterocycles. The van der Waals surface area contributed by atoms with Gasteiger partial charge < -0.3 is 5.11 Å². The predicted octanol–water partition coefficient (Wildman–Crippen LogP) is 5.13. The number of aromatic hydroxyl groups is 1. The Morgan fingerprint density at radius 1 is 1.20 bits per heavy atom. The third-order valence-corrected chi connectivity index (χ3v) is 3.15. The Morgan fingerprint density at radius 2 is 1.95 bits per heavy atom. The number of rotatable bonds is 3. The van der Waals surface area contributed by atoms with Crippen LogP contribution in [0.5, 0.6) is 5.75 Å². The van der Waals surface area contributed by atoms with Crippen LogP contribution in [-0.4, -0.2) is 10.0 Å². The van der Waals surface area contributed by atoms with Crippen molar-refractivity contribution in [3.8, 4) is 5.75 Å². The van der Waals surface area contributed by atoms with Crippen LogP contribution in [0.1, 0.15) is 0 Å². The van der Waals surface area contributed by atoms with Crippen molar-refractivity contribution in [2.45, 2.75) is 0 Å². The lowest BCUT2D eigenvalue weighted by Gasteiger charge is -1.99. The fourth-order valence-corrected chi connectivity index (χ4v) is 1.93. The Bertz CT molecular complexity index is 706. The van der Waals surface area contributed by atoms with E-state index < -0.39 is 4.92 Å². The van der Waals surface area contributed by atoms with Gasteiger partial charge in [0.25, 0.3) is 5.69 Å². The molecule has 0 fully saturated rings. The molecule has 0 unspecified atom stereocenters. The molecule has 2 aromatic rings. The molecule has 102 valence electrons. The van der Waals surface area contributed by atoms with E-state index in [1.165, 1.54) is 24.3 Å². The van der Waals surface area contributed by atoms with Crippen molar-refractivity contribution in [3.63, 3.8) is 0 Å². The zero-order chi connectivity index (χ0) is 14.7. The normalized spacial score (nSPS) is 10.9. The summed E-state index contributed by atoms with van der Waals surface area (Å²) in [5, 5.41) is 28.1. The van der Waals surface area contributed by atoms with Crippen LogP contribution < -0.4 is 0 Å². The summed E-state index contributed by atoms with van der Waals surface area (Å²) in [5.74, 6) is -0.0413. The van der Waals surface area contributed by atoms with Crippen molar-refractivity contribution in [1.82, 2.24) is 0 Å². The quantitative estimate of drug-likeness (QED) is 0.469. The average molecular weight is 357 g/mol. The summed E-state index contributed by atoms with van der Waals surface area (Å²) in [5.41, 5.74) is 0.263. The zero-order valence-electron chi connectivity index (χ0n) is 9.83. The second-order valence-corrected chi connectivity index (χ2v) is 5.05. The lowest BCUT2D eigenvalue weighted by molar-refractivity contribution is -0.384. The van der Waals surface area contributed by atoms with Gasteiger partial charge in [-0.05, 0) is 30.3 Å². The molecular weight excluding hydrogens is 350 g/mol. The standard InChI is InChI=1S/C12H7BrClN3O3/c13-7-1-4-12(18)10(5-7)16-15-8-2-3-9(14)11(6-8)17(19)20/h1-6,18H. The van der Waals surface area contributed by atoms with Gasteiger partial charge in [0.2, 0.25) is 0 Å². The molecule has 2 aromatic carbocycles. The Kier molecular flexibility index (Phi) is 4.31. The molecule has 2 rings (SSSR count). The molecule has 20 heavy (non-hydrogen) atoms. The molecule has 8 heteroatoms. The largest absolute Gasteiger partial charge is 0.506 e. The van der Waals surface area contributed by atoms with E-state index in [1.807, 2.05) is 0 Å². The van der Waals surface area contributed by atoms with Crippen molar-refractivity contribution in [1.29, 1.82) is 0 Å². The maximum absolute atomic E-state index is 10.7. The summed E-state index contributed by atoms with van der Waals surface area (Å²) in [6.07, 6.45) is 0. The number of halogens is 2. The van der Waals surface area contributed by atoms with Crippen LogP contribution in [0.4, 0.5) is 17.1 Å². The maximum atomic E-state index is 10.7. The number of phenolic OH excluding ortho intramolecular Hbond substituents is 1. The number of hydrogen-bond acceptors (Lipinski definition) is 5. The van der Waals surface area contributed by atoms with Crippen LogP contribution in [0.25, 0.3) is 0 Å². The number of nitrogens with zero attached hydrogens (tertiary/aromatic N) is 3. The van der Waals surface area contributed by atoms with E-state index in [0.717, 1.165) is 4.47 Å². The summed E-state index contributed by atoms with van der Waals surface area (Å²) in [7, 11) is 0. The summed E-state index contributed by atoms with van der Waals surface area (Å²) < 4.78 is 0.728. The molecule has 0 amide bonds. The molecule has 0 aliphatic rings. The van der Waals surface area contributed by atoms with Crippen LogP contribution in [0.15, 0.2) is 51.1 Å². The molecule has 0 aromatic heterocycles. The molecule has 0 bridgehead atoms. The summed E-state index contributed by atoms with van der Waals surface area (Å²) in [6, 6.07) is 8.76. The van der Waals surface area contributed by atoms with Gasteiger partial charge in [0.1, 0.15) is 16.5 Å². The van der Waals surface area contributed by atoms with E-state index in [1.54, 1.807) is 12.1 Å². The third-order valence-electron chi connectivity index (χ3n) is 2.34. The highest BCUT2D eigenvalue weighted by molar-refractivity contribution is 9.10. The fraction of sp³-hybridized carbons (Fsp3) is 0. The van der Waals surface area contributed by atoms with Crippen LogP contribution in [0.2, 0.25) is 5.02 Å². The first-order valence-corrected chi connectivity index (χ1v) is 6.48. The second kappa shape index (κ2) is 5.98. The van der Waals surface area contributed by atoms with Crippen molar-refractivity contribution < 1.29 is 10.0 Å². The van der Waals surface area contributed by atoms with Gasteiger partial charge in [-0.3, -0.25) is 10.1 Å². The molecule has 0 saturated carbocycles. The third kappa shape index (κ3) is 3.31. The van der Waals surface area contributed by atoms with Gasteiger partial charge in [0.05, 0.1) is 10.6 Å². The molecule has 6 nitrogen and oxygen atoms in total. The topological polar surface area (TPSA) is 88.1 Å². The molecule has 0 radical (unpaired) electrons. The molecule has 0 heterocycles. The molecular formula is C12H7BrClN3O3. The molecule has 0 atom stereocenters. The first-order valence-electron chi connectivity index (χ1n) is 5.31. The van der Waals surface area contributed by atoms with Gasteiger partial charge in [-0.1, -0.05) is 27.5 Å². The summed E-state index contributed by atoms with van der Waals surface area (Å²) in [4.78, 5) is 10.2. The highest BCUT2D eigenvalue weighted by Gasteiger charge is 2.12. The van der Waals surface area contributed by atoms with Crippen molar-refractivity contribution in [3.05, 3.63) is 56.0 Å². The number of nitro benzene ring substituents is 1. The van der Waals surface area contributed by atoms with E-state index >= 15 is 0 Å². The minimum absolute atomic E-state index is 0.0271. The maximum Gasteiger partial charge on any atom is 0.290 e. The average Bonchev–Trinajstić information content (AvgIpc) is 2.41. The molecule has 0 spiro atoms. The van der Waals surface area contributed by atoms with Gasteiger partial charge in [-0.15, -0.1) is 5.11 Å². The van der Waals surface area contributed by atoms with E-state index in [4.69, 9.17) is 11.6 Å². The van der Waals surface area contributed by atoms with E-state index in [2.05, 4.69) is 26.2 Å². The lowest BCUT2D eigenvalue weighted by Crippen LogP contribution is -1.87. The van der Waals surface area contributed by atoms with Crippen LogP contribution in [0.3, 0.4) is 0 Å². The molecule has 0 saturated heterocycles. The van der Waals surface area contributed by atoms with Crippen LogP contribution in [0, 0.1) is 10.1 Å². The Hall–Kier alpha value is -1.99. The second-order valence-electron chi connectivity index (χ2n) is 3.73. The van der Waals surface area contributed by atoms with Crippen LogP contribution in [-0.2, 0) is 0 Å².